The van der Waals surface area contributed by atoms with Gasteiger partial charge in [-0.3, -0.25) is 4.79 Å². The van der Waals surface area contributed by atoms with E-state index in [2.05, 4.69) is 5.32 Å². The molecule has 0 aliphatic carbocycles. The molecule has 0 unspecified atom stereocenters. The van der Waals surface area contributed by atoms with Gasteiger partial charge in [0.05, 0.1) is 27.6 Å². The van der Waals surface area contributed by atoms with Crippen molar-refractivity contribution < 1.29 is 32.3 Å². The maximum absolute atomic E-state index is 13.3. The topological polar surface area (TPSA) is 119 Å². The van der Waals surface area contributed by atoms with Crippen LogP contribution in [-0.2, 0) is 43.5 Å². The Morgan fingerprint density at radius 3 is 2.45 bits per heavy atom. The van der Waals surface area contributed by atoms with E-state index in [9.17, 15) is 22.8 Å². The predicted octanol–water partition coefficient (Wildman–Crippen LogP) is 4.20. The predicted molar refractivity (Wildman–Crippen MR) is 143 cm³/mol. The second kappa shape index (κ2) is 11.5. The van der Waals surface area contributed by atoms with E-state index in [0.717, 1.165) is 6.26 Å². The molecule has 0 bridgehead atoms. The van der Waals surface area contributed by atoms with E-state index < -0.39 is 39.4 Å². The molecule has 0 saturated heterocycles. The number of benzene rings is 2. The number of hydrogen-bond donors (Lipinski definition) is 1. The lowest BCUT2D eigenvalue weighted by atomic mass is 9.96. The summed E-state index contributed by atoms with van der Waals surface area (Å²) in [5, 5.41) is 2.81. The number of hydrogen-bond acceptors (Lipinski definition) is 7. The van der Waals surface area contributed by atoms with E-state index in [4.69, 9.17) is 32.7 Å². The molecule has 0 spiro atoms. The van der Waals surface area contributed by atoms with Crippen LogP contribution in [0.3, 0.4) is 0 Å². The lowest BCUT2D eigenvalue weighted by Gasteiger charge is -2.32. The molecule has 1 atom stereocenters. The summed E-state index contributed by atoms with van der Waals surface area (Å²) in [5.41, 5.74) is 1.23. The molecule has 0 fully saturated rings. The number of carbonyl (C=O) groups excluding carboxylic acids is 3. The molecule has 1 aliphatic heterocycles. The Hall–Kier alpha value is -2.82. The zero-order chi connectivity index (χ0) is 28.4. The standard InChI is InChI=1S/C26H30Cl2N2O7S/c1-26(2,3)37-25(33)30-10-9-18-16(14-30)13-19(27)21(22(18)28)23(31)29-20(24(32)36-4)12-15-7-6-8-17(11-15)38(5,34)35/h6-8,11,13,20H,9-10,12,14H2,1-5H3,(H,29,31)/t20-/m0/s1. The molecule has 1 heterocycles. The van der Waals surface area contributed by atoms with E-state index >= 15 is 0 Å². The van der Waals surface area contributed by atoms with Crippen LogP contribution in [0.2, 0.25) is 10.0 Å². The number of ether oxygens (including phenoxy) is 2. The van der Waals surface area contributed by atoms with Gasteiger partial charge in [-0.15, -0.1) is 0 Å². The number of carbonyl (C=O) groups is 3. The van der Waals surface area contributed by atoms with Crippen LogP contribution in [-0.4, -0.2) is 62.8 Å². The second-order valence-corrected chi connectivity index (χ2v) is 12.8. The van der Waals surface area contributed by atoms with Crippen molar-refractivity contribution in [3.05, 3.63) is 62.6 Å². The molecule has 0 radical (unpaired) electrons. The minimum Gasteiger partial charge on any atom is -0.467 e. The highest BCUT2D eigenvalue weighted by molar-refractivity contribution is 7.90. The average molecular weight is 586 g/mol. The van der Waals surface area contributed by atoms with Crippen molar-refractivity contribution in [3.8, 4) is 0 Å². The number of methoxy groups -OCH3 is 1. The minimum atomic E-state index is -3.46. The number of nitrogens with zero attached hydrogens (tertiary/aromatic N) is 1. The van der Waals surface area contributed by atoms with Gasteiger partial charge in [-0.25, -0.2) is 18.0 Å². The second-order valence-electron chi connectivity index (χ2n) is 10.0. The molecule has 38 heavy (non-hydrogen) atoms. The zero-order valence-electron chi connectivity index (χ0n) is 21.8. The van der Waals surface area contributed by atoms with Crippen molar-refractivity contribution in [2.24, 2.45) is 0 Å². The number of halogens is 2. The van der Waals surface area contributed by atoms with Crippen LogP contribution < -0.4 is 5.32 Å². The fourth-order valence-corrected chi connectivity index (χ4v) is 5.50. The van der Waals surface area contributed by atoms with Crippen molar-refractivity contribution in [2.45, 2.75) is 56.7 Å². The molecule has 0 saturated carbocycles. The van der Waals surface area contributed by atoms with Crippen molar-refractivity contribution in [2.75, 3.05) is 19.9 Å². The molecule has 2 aromatic rings. The third-order valence-corrected chi connectivity index (χ3v) is 7.67. The molecule has 2 aromatic carbocycles. The smallest absolute Gasteiger partial charge is 0.410 e. The Kier molecular flexibility index (Phi) is 9.00. The fraction of sp³-hybridized carbons (Fsp3) is 0.423. The van der Waals surface area contributed by atoms with Gasteiger partial charge >= 0.3 is 12.1 Å². The molecule has 0 aromatic heterocycles. The van der Waals surface area contributed by atoms with Gasteiger partial charge < -0.3 is 19.7 Å². The average Bonchev–Trinajstić information content (AvgIpc) is 2.81. The number of fused-ring (bicyclic) bond motifs is 1. The summed E-state index contributed by atoms with van der Waals surface area (Å²) in [6, 6.07) is 6.53. The zero-order valence-corrected chi connectivity index (χ0v) is 24.1. The maximum Gasteiger partial charge on any atom is 0.410 e. The molecule has 3 rings (SSSR count). The van der Waals surface area contributed by atoms with Crippen LogP contribution in [0.5, 0.6) is 0 Å². The quantitative estimate of drug-likeness (QED) is 0.505. The first-order valence-electron chi connectivity index (χ1n) is 11.8. The SMILES string of the molecule is COC(=O)[C@H](Cc1cccc(S(C)(=O)=O)c1)NC(=O)c1c(Cl)cc2c(c1Cl)CCN(C(=O)OC(C)(C)C)C2. The Bertz CT molecular complexity index is 1370. The Balaban J connectivity index is 1.84. The number of rotatable bonds is 6. The third-order valence-electron chi connectivity index (χ3n) is 5.84. The fourth-order valence-electron chi connectivity index (χ4n) is 4.05. The minimum absolute atomic E-state index is 0.00316. The normalized spacial score (nSPS) is 14.3. The molecule has 12 heteroatoms. The highest BCUT2D eigenvalue weighted by Crippen LogP contribution is 2.35. The van der Waals surface area contributed by atoms with Crippen LogP contribution in [0, 0.1) is 0 Å². The third kappa shape index (κ3) is 7.18. The van der Waals surface area contributed by atoms with Crippen LogP contribution in [0.15, 0.2) is 35.2 Å². The number of amides is 2. The molecule has 1 aliphatic rings. The summed E-state index contributed by atoms with van der Waals surface area (Å²) < 4.78 is 34.1. The van der Waals surface area contributed by atoms with Gasteiger partial charge in [-0.1, -0.05) is 35.3 Å². The van der Waals surface area contributed by atoms with Crippen molar-refractivity contribution in [1.29, 1.82) is 0 Å². The van der Waals surface area contributed by atoms with Crippen molar-refractivity contribution in [3.63, 3.8) is 0 Å². The van der Waals surface area contributed by atoms with E-state index in [1.807, 2.05) is 0 Å². The number of sulfone groups is 1. The first-order valence-corrected chi connectivity index (χ1v) is 14.4. The van der Waals surface area contributed by atoms with E-state index in [1.165, 1.54) is 24.1 Å². The molecular formula is C26H30Cl2N2O7S. The monoisotopic (exact) mass is 584 g/mol. The van der Waals surface area contributed by atoms with Gasteiger partial charge in [-0.2, -0.15) is 0 Å². The number of nitrogens with one attached hydrogen (secondary N) is 1. The lowest BCUT2D eigenvalue weighted by molar-refractivity contribution is -0.142. The largest absolute Gasteiger partial charge is 0.467 e. The summed E-state index contributed by atoms with van der Waals surface area (Å²) in [7, 11) is -2.28. The van der Waals surface area contributed by atoms with Crippen molar-refractivity contribution >= 4 is 51.0 Å². The summed E-state index contributed by atoms with van der Waals surface area (Å²) in [5.74, 6) is -1.41. The molecule has 9 nitrogen and oxygen atoms in total. The van der Waals surface area contributed by atoms with Crippen LogP contribution in [0.1, 0.15) is 47.8 Å². The highest BCUT2D eigenvalue weighted by Gasteiger charge is 2.31. The van der Waals surface area contributed by atoms with Crippen molar-refractivity contribution in [1.82, 2.24) is 10.2 Å². The van der Waals surface area contributed by atoms with Crippen LogP contribution in [0.25, 0.3) is 0 Å². The summed E-state index contributed by atoms with van der Waals surface area (Å²) in [4.78, 5) is 39.9. The number of esters is 1. The molecule has 2 amide bonds. The summed E-state index contributed by atoms with van der Waals surface area (Å²) in [6.45, 7) is 5.90. The van der Waals surface area contributed by atoms with Crippen LogP contribution >= 0.6 is 23.2 Å². The van der Waals surface area contributed by atoms with Gasteiger partial charge in [0.2, 0.25) is 0 Å². The summed E-state index contributed by atoms with van der Waals surface area (Å²) >= 11 is 13.1. The molecule has 206 valence electrons. The van der Waals surface area contributed by atoms with Gasteiger partial charge in [-0.05, 0) is 62.1 Å². The first-order chi connectivity index (χ1) is 17.6. The highest BCUT2D eigenvalue weighted by atomic mass is 35.5. The summed E-state index contributed by atoms with van der Waals surface area (Å²) in [6.07, 6.45) is 0.979. The first kappa shape index (κ1) is 29.7. The van der Waals surface area contributed by atoms with Gasteiger partial charge in [0, 0.05) is 25.8 Å². The van der Waals surface area contributed by atoms with Gasteiger partial charge in [0.25, 0.3) is 5.91 Å². The van der Waals surface area contributed by atoms with E-state index in [1.54, 1.807) is 39.0 Å². The molecular weight excluding hydrogens is 555 g/mol. The molecule has 1 N–H and O–H groups in total. The Morgan fingerprint density at radius 2 is 1.84 bits per heavy atom. The lowest BCUT2D eigenvalue weighted by Crippen LogP contribution is -2.43. The maximum atomic E-state index is 13.3. The van der Waals surface area contributed by atoms with Gasteiger partial charge in [0.1, 0.15) is 11.6 Å². The van der Waals surface area contributed by atoms with Gasteiger partial charge in [0.15, 0.2) is 9.84 Å². The Labute approximate surface area is 232 Å². The van der Waals surface area contributed by atoms with Crippen LogP contribution in [0.4, 0.5) is 4.79 Å². The Morgan fingerprint density at radius 1 is 1.16 bits per heavy atom. The van der Waals surface area contributed by atoms with E-state index in [-0.39, 0.29) is 33.5 Å². The van der Waals surface area contributed by atoms with E-state index in [0.29, 0.717) is 29.7 Å².